The number of aliphatic hydroxyl groups excluding tert-OH is 1. The summed E-state index contributed by atoms with van der Waals surface area (Å²) in [7, 11) is 0. The van der Waals surface area contributed by atoms with Crippen LogP contribution in [0.25, 0.3) is 16.7 Å². The largest absolute Gasteiger partial charge is 0.416 e. The van der Waals surface area contributed by atoms with Gasteiger partial charge in [0.25, 0.3) is 5.56 Å². The standard InChI is InChI=1S/C21H19F3N4O2S/c1-2-11-27-18(30)15-5-3-4-6-16(15)28-19(27)25-26-20(28)31-12-17(29)13-7-9-14(10-8-13)21(22,23)24/h3-10,17,29H,2,11-12H2,1H3. The molecule has 10 heteroatoms. The molecule has 0 aliphatic heterocycles. The van der Waals surface area contributed by atoms with Crippen LogP contribution in [0.15, 0.2) is 58.5 Å². The summed E-state index contributed by atoms with van der Waals surface area (Å²) >= 11 is 1.22. The summed E-state index contributed by atoms with van der Waals surface area (Å²) < 4.78 is 41.6. The van der Waals surface area contributed by atoms with Gasteiger partial charge in [0.15, 0.2) is 5.16 Å². The zero-order valence-electron chi connectivity index (χ0n) is 16.5. The highest BCUT2D eigenvalue weighted by molar-refractivity contribution is 7.99. The van der Waals surface area contributed by atoms with E-state index in [-0.39, 0.29) is 11.3 Å². The first kappa shape index (κ1) is 21.4. The molecule has 0 saturated heterocycles. The first-order valence-corrected chi connectivity index (χ1v) is 10.6. The van der Waals surface area contributed by atoms with Gasteiger partial charge in [0.05, 0.1) is 22.6 Å². The molecule has 4 aromatic rings. The minimum atomic E-state index is -4.42. The van der Waals surface area contributed by atoms with E-state index in [0.29, 0.717) is 33.9 Å². The van der Waals surface area contributed by atoms with E-state index in [1.807, 2.05) is 13.0 Å². The third-order valence-corrected chi connectivity index (χ3v) is 5.92. The van der Waals surface area contributed by atoms with Gasteiger partial charge < -0.3 is 5.11 Å². The quantitative estimate of drug-likeness (QED) is 0.446. The minimum Gasteiger partial charge on any atom is -0.388 e. The number of halogens is 3. The number of aryl methyl sites for hydroxylation is 1. The lowest BCUT2D eigenvalue weighted by Gasteiger charge is -2.13. The summed E-state index contributed by atoms with van der Waals surface area (Å²) in [5.74, 6) is 0.574. The molecule has 0 aliphatic rings. The molecule has 2 aromatic carbocycles. The summed E-state index contributed by atoms with van der Waals surface area (Å²) in [5, 5.41) is 19.9. The molecular weight excluding hydrogens is 429 g/mol. The molecule has 31 heavy (non-hydrogen) atoms. The van der Waals surface area contributed by atoms with Gasteiger partial charge in [-0.05, 0) is 36.2 Å². The molecule has 6 nitrogen and oxygen atoms in total. The molecule has 1 N–H and O–H groups in total. The molecule has 162 valence electrons. The Morgan fingerprint density at radius 2 is 1.81 bits per heavy atom. The summed E-state index contributed by atoms with van der Waals surface area (Å²) in [6.45, 7) is 2.45. The Hall–Kier alpha value is -2.85. The molecule has 1 unspecified atom stereocenters. The third-order valence-electron chi connectivity index (χ3n) is 4.92. The Bertz CT molecular complexity index is 1280. The average molecular weight is 448 g/mol. The zero-order valence-corrected chi connectivity index (χ0v) is 17.3. The van der Waals surface area contributed by atoms with Crippen LogP contribution >= 0.6 is 11.8 Å². The van der Waals surface area contributed by atoms with Gasteiger partial charge in [0.2, 0.25) is 5.78 Å². The van der Waals surface area contributed by atoms with Crippen LogP contribution in [0.5, 0.6) is 0 Å². The number of aromatic nitrogens is 4. The number of hydrogen-bond donors (Lipinski definition) is 1. The predicted molar refractivity (Wildman–Crippen MR) is 112 cm³/mol. The van der Waals surface area contributed by atoms with E-state index >= 15 is 0 Å². The number of alkyl halides is 3. The molecule has 0 radical (unpaired) electrons. The summed E-state index contributed by atoms with van der Waals surface area (Å²) in [5.41, 5.74) is 0.132. The van der Waals surface area contributed by atoms with Crippen LogP contribution in [0, 0.1) is 0 Å². The lowest BCUT2D eigenvalue weighted by molar-refractivity contribution is -0.137. The second-order valence-electron chi connectivity index (χ2n) is 7.04. The molecule has 0 spiro atoms. The van der Waals surface area contributed by atoms with E-state index < -0.39 is 17.8 Å². The van der Waals surface area contributed by atoms with Crippen molar-refractivity contribution in [3.8, 4) is 0 Å². The highest BCUT2D eigenvalue weighted by Crippen LogP contribution is 2.31. The molecule has 0 fully saturated rings. The van der Waals surface area contributed by atoms with Gasteiger partial charge in [0.1, 0.15) is 0 Å². The van der Waals surface area contributed by atoms with E-state index in [2.05, 4.69) is 10.2 Å². The van der Waals surface area contributed by atoms with Gasteiger partial charge in [-0.3, -0.25) is 13.8 Å². The SMILES string of the molecule is CCCn1c(=O)c2ccccc2n2c(SCC(O)c3ccc(C(F)(F)F)cc3)nnc12. The second-order valence-corrected chi connectivity index (χ2v) is 8.03. The van der Waals surface area contributed by atoms with Crippen LogP contribution < -0.4 is 5.56 Å². The zero-order chi connectivity index (χ0) is 22.2. The van der Waals surface area contributed by atoms with Crippen molar-refractivity contribution in [2.45, 2.75) is 37.3 Å². The normalized spacial score (nSPS) is 13.2. The molecule has 2 heterocycles. The van der Waals surface area contributed by atoms with E-state index in [0.717, 1.165) is 18.6 Å². The van der Waals surface area contributed by atoms with Crippen molar-refractivity contribution in [1.82, 2.24) is 19.2 Å². The Kier molecular flexibility index (Phi) is 5.76. The molecule has 0 saturated carbocycles. The Morgan fingerprint density at radius 3 is 2.48 bits per heavy atom. The van der Waals surface area contributed by atoms with Crippen LogP contribution in [0.1, 0.15) is 30.6 Å². The van der Waals surface area contributed by atoms with Gasteiger partial charge in [-0.1, -0.05) is 43.0 Å². The maximum absolute atomic E-state index is 12.8. The first-order valence-electron chi connectivity index (χ1n) is 9.66. The van der Waals surface area contributed by atoms with Gasteiger partial charge in [-0.2, -0.15) is 13.2 Å². The first-order chi connectivity index (χ1) is 14.8. The van der Waals surface area contributed by atoms with Crippen molar-refractivity contribution >= 4 is 28.4 Å². The van der Waals surface area contributed by atoms with Gasteiger partial charge in [-0.25, -0.2) is 0 Å². The number of thioether (sulfide) groups is 1. The van der Waals surface area contributed by atoms with E-state index in [9.17, 15) is 23.1 Å². The highest BCUT2D eigenvalue weighted by Gasteiger charge is 2.30. The van der Waals surface area contributed by atoms with Gasteiger partial charge in [-0.15, -0.1) is 10.2 Å². The molecule has 0 amide bonds. The Labute approximate surface area is 179 Å². The fourth-order valence-electron chi connectivity index (χ4n) is 3.40. The highest BCUT2D eigenvalue weighted by atomic mass is 32.2. The lowest BCUT2D eigenvalue weighted by atomic mass is 10.1. The molecule has 1 atom stereocenters. The number of nitrogens with zero attached hydrogens (tertiary/aromatic N) is 4. The average Bonchev–Trinajstić information content (AvgIpc) is 3.18. The monoisotopic (exact) mass is 448 g/mol. The van der Waals surface area contributed by atoms with Crippen molar-refractivity contribution in [3.05, 3.63) is 70.0 Å². The summed E-state index contributed by atoms with van der Waals surface area (Å²) in [6, 6.07) is 11.6. The fraction of sp³-hybridized carbons (Fsp3) is 0.286. The van der Waals surface area contributed by atoms with Crippen molar-refractivity contribution in [2.24, 2.45) is 0 Å². The van der Waals surface area contributed by atoms with Crippen molar-refractivity contribution in [2.75, 3.05) is 5.75 Å². The van der Waals surface area contributed by atoms with Crippen molar-refractivity contribution in [1.29, 1.82) is 0 Å². The number of aliphatic hydroxyl groups is 1. The predicted octanol–water partition coefficient (Wildman–Crippen LogP) is 4.30. The summed E-state index contributed by atoms with van der Waals surface area (Å²) in [4.78, 5) is 12.8. The maximum Gasteiger partial charge on any atom is 0.416 e. The Morgan fingerprint density at radius 1 is 1.10 bits per heavy atom. The minimum absolute atomic E-state index is 0.140. The second kappa shape index (κ2) is 8.35. The van der Waals surface area contributed by atoms with Crippen LogP contribution in [0.4, 0.5) is 13.2 Å². The topological polar surface area (TPSA) is 72.4 Å². The number of benzene rings is 2. The third kappa shape index (κ3) is 4.05. The number of fused-ring (bicyclic) bond motifs is 3. The fourth-order valence-corrected chi connectivity index (χ4v) is 4.30. The van der Waals surface area contributed by atoms with E-state index in [1.165, 1.54) is 23.9 Å². The maximum atomic E-state index is 12.8. The molecular formula is C21H19F3N4O2S. The van der Waals surface area contributed by atoms with Crippen LogP contribution in [0.2, 0.25) is 0 Å². The molecule has 4 rings (SSSR count). The lowest BCUT2D eigenvalue weighted by Crippen LogP contribution is -2.23. The number of hydrogen-bond acceptors (Lipinski definition) is 5. The molecule has 0 bridgehead atoms. The van der Waals surface area contributed by atoms with E-state index in [4.69, 9.17) is 0 Å². The van der Waals surface area contributed by atoms with Crippen LogP contribution in [-0.2, 0) is 12.7 Å². The van der Waals surface area contributed by atoms with Crippen molar-refractivity contribution < 1.29 is 18.3 Å². The van der Waals surface area contributed by atoms with E-state index in [1.54, 1.807) is 27.2 Å². The number of para-hydroxylation sites is 1. The van der Waals surface area contributed by atoms with Crippen molar-refractivity contribution in [3.63, 3.8) is 0 Å². The number of rotatable bonds is 6. The van der Waals surface area contributed by atoms with Gasteiger partial charge in [0, 0.05) is 12.3 Å². The van der Waals surface area contributed by atoms with Gasteiger partial charge >= 0.3 is 6.18 Å². The van der Waals surface area contributed by atoms with Crippen LogP contribution in [-0.4, -0.2) is 30.0 Å². The summed E-state index contributed by atoms with van der Waals surface area (Å²) in [6.07, 6.45) is -4.67. The smallest absolute Gasteiger partial charge is 0.388 e. The Balaban J connectivity index is 1.66. The van der Waals surface area contributed by atoms with Crippen LogP contribution in [0.3, 0.4) is 0 Å². The molecule has 0 aliphatic carbocycles. The molecule has 2 aromatic heterocycles.